The monoisotopic (exact) mass is 354 g/mol. The second kappa shape index (κ2) is 7.04. The summed E-state index contributed by atoms with van der Waals surface area (Å²) in [6.45, 7) is 3.73. The third-order valence-corrected chi connectivity index (χ3v) is 4.51. The number of sulfone groups is 1. The number of rotatable bonds is 4. The number of nitrogens with zero attached hydrogens (tertiary/aromatic N) is 2. The van der Waals surface area contributed by atoms with Crippen LogP contribution in [-0.2, 0) is 9.84 Å². The van der Waals surface area contributed by atoms with Crippen LogP contribution in [0.4, 0.5) is 8.78 Å². The zero-order valence-electron chi connectivity index (χ0n) is 13.1. The van der Waals surface area contributed by atoms with E-state index >= 15 is 0 Å². The maximum atomic E-state index is 12.5. The lowest BCUT2D eigenvalue weighted by Crippen LogP contribution is -2.28. The highest BCUT2D eigenvalue weighted by molar-refractivity contribution is 7.91. The number of carbonyl (C=O) groups is 1. The average molecular weight is 354 g/mol. The summed E-state index contributed by atoms with van der Waals surface area (Å²) in [4.78, 5) is 16.4. The number of halogens is 2. The van der Waals surface area contributed by atoms with E-state index in [1.165, 1.54) is 22.9 Å². The number of hydrogen-bond donors (Lipinski definition) is 0. The molecule has 0 saturated heterocycles. The summed E-state index contributed by atoms with van der Waals surface area (Å²) in [5.74, 6) is -3.94. The van der Waals surface area contributed by atoms with Gasteiger partial charge >= 0.3 is 5.76 Å². The predicted molar refractivity (Wildman–Crippen MR) is 84.5 cm³/mol. The van der Waals surface area contributed by atoms with Crippen LogP contribution in [0.2, 0.25) is 0 Å². The lowest BCUT2D eigenvalue weighted by molar-refractivity contribution is 0.0954. The van der Waals surface area contributed by atoms with Crippen molar-refractivity contribution in [2.75, 3.05) is 0 Å². The quantitative estimate of drug-likeness (QED) is 0.847. The van der Waals surface area contributed by atoms with Gasteiger partial charge in [-0.05, 0) is 50.2 Å². The van der Waals surface area contributed by atoms with E-state index in [2.05, 4.69) is 4.99 Å². The number of hydrogen-bond acceptors (Lipinski definition) is 4. The summed E-state index contributed by atoms with van der Waals surface area (Å²) in [5, 5.41) is 0. The average Bonchev–Trinajstić information content (AvgIpc) is 2.54. The summed E-state index contributed by atoms with van der Waals surface area (Å²) >= 11 is 0. The molecule has 0 amide bonds. The summed E-state index contributed by atoms with van der Waals surface area (Å²) in [6, 6.07) is 9.46. The van der Waals surface area contributed by atoms with Crippen molar-refractivity contribution in [3.05, 3.63) is 59.7 Å². The van der Waals surface area contributed by atoms with Crippen LogP contribution in [0.1, 0.15) is 24.2 Å². The standard InChI is InChI=1S/C16H16F2N2O3S/c1-11(2)19-14-5-3-4-10-20(14)15(21)12-6-8-13(9-7-12)24(22,23)16(17)18/h3-11,16H,1-2H3. The molecule has 0 radical (unpaired) electrons. The van der Waals surface area contributed by atoms with Gasteiger partial charge in [-0.15, -0.1) is 0 Å². The van der Waals surface area contributed by atoms with Crippen LogP contribution in [0.15, 0.2) is 58.5 Å². The maximum absolute atomic E-state index is 12.5. The van der Waals surface area contributed by atoms with Gasteiger partial charge in [-0.25, -0.2) is 8.42 Å². The third-order valence-electron chi connectivity index (χ3n) is 3.11. The van der Waals surface area contributed by atoms with E-state index in [0.29, 0.717) is 5.49 Å². The molecule has 1 aromatic heterocycles. The molecule has 2 aromatic rings. The molecule has 0 atom stereocenters. The Morgan fingerprint density at radius 2 is 1.71 bits per heavy atom. The molecule has 0 spiro atoms. The van der Waals surface area contributed by atoms with Gasteiger partial charge in [0, 0.05) is 17.8 Å². The Labute approximate surface area is 138 Å². The molecule has 0 bridgehead atoms. The van der Waals surface area contributed by atoms with Crippen molar-refractivity contribution in [1.82, 2.24) is 4.57 Å². The molecule has 8 heteroatoms. The summed E-state index contributed by atoms with van der Waals surface area (Å²) in [7, 11) is -4.68. The van der Waals surface area contributed by atoms with E-state index in [1.54, 1.807) is 18.2 Å². The Balaban J connectivity index is 2.43. The fourth-order valence-electron chi connectivity index (χ4n) is 2.00. The molecule has 0 unspecified atom stereocenters. The minimum atomic E-state index is -4.68. The Morgan fingerprint density at radius 1 is 1.08 bits per heavy atom. The number of alkyl halides is 2. The molecule has 0 aliphatic carbocycles. The lowest BCUT2D eigenvalue weighted by atomic mass is 10.2. The lowest BCUT2D eigenvalue weighted by Gasteiger charge is -2.08. The molecular weight excluding hydrogens is 338 g/mol. The fourth-order valence-corrected chi connectivity index (χ4v) is 2.73. The van der Waals surface area contributed by atoms with Crippen molar-refractivity contribution in [3.8, 4) is 0 Å². The summed E-state index contributed by atoms with van der Waals surface area (Å²) in [6.07, 6.45) is 1.54. The fraction of sp³-hybridized carbons (Fsp3) is 0.250. The van der Waals surface area contributed by atoms with E-state index in [-0.39, 0.29) is 11.6 Å². The molecule has 0 aliphatic heterocycles. The van der Waals surface area contributed by atoms with Crippen molar-refractivity contribution in [1.29, 1.82) is 0 Å². The minimum absolute atomic E-state index is 0.0231. The largest absolute Gasteiger partial charge is 0.341 e. The van der Waals surface area contributed by atoms with Crippen molar-refractivity contribution < 1.29 is 22.0 Å². The first kappa shape index (κ1) is 18.0. The van der Waals surface area contributed by atoms with Gasteiger partial charge in [0.25, 0.3) is 5.91 Å². The van der Waals surface area contributed by atoms with Crippen LogP contribution in [-0.4, -0.2) is 30.7 Å². The Hall–Kier alpha value is -2.35. The van der Waals surface area contributed by atoms with E-state index in [0.717, 1.165) is 12.1 Å². The summed E-state index contributed by atoms with van der Waals surface area (Å²) in [5.41, 5.74) is 0.612. The normalized spacial score (nSPS) is 12.8. The molecule has 0 aliphatic rings. The van der Waals surface area contributed by atoms with Gasteiger partial charge in [0.15, 0.2) is 0 Å². The maximum Gasteiger partial charge on any atom is 0.341 e. The van der Waals surface area contributed by atoms with Gasteiger partial charge in [-0.1, -0.05) is 6.07 Å². The van der Waals surface area contributed by atoms with Crippen LogP contribution < -0.4 is 5.49 Å². The number of benzene rings is 1. The van der Waals surface area contributed by atoms with E-state index < -0.39 is 26.4 Å². The highest BCUT2D eigenvalue weighted by Crippen LogP contribution is 2.18. The smallest absolute Gasteiger partial charge is 0.268 e. The van der Waals surface area contributed by atoms with Crippen LogP contribution in [0.5, 0.6) is 0 Å². The van der Waals surface area contributed by atoms with Crippen LogP contribution in [0, 0.1) is 0 Å². The number of carbonyl (C=O) groups excluding carboxylic acids is 1. The molecule has 5 nitrogen and oxygen atoms in total. The van der Waals surface area contributed by atoms with E-state index in [9.17, 15) is 22.0 Å². The van der Waals surface area contributed by atoms with Gasteiger partial charge < -0.3 is 0 Å². The molecule has 128 valence electrons. The van der Waals surface area contributed by atoms with Crippen molar-refractivity contribution >= 4 is 15.7 Å². The molecule has 0 saturated carbocycles. The van der Waals surface area contributed by atoms with Gasteiger partial charge in [0.1, 0.15) is 5.49 Å². The summed E-state index contributed by atoms with van der Waals surface area (Å²) < 4.78 is 49.2. The molecule has 1 aromatic carbocycles. The van der Waals surface area contributed by atoms with Gasteiger partial charge in [0.05, 0.1) is 4.90 Å². The second-order valence-corrected chi connectivity index (χ2v) is 7.20. The zero-order chi connectivity index (χ0) is 17.9. The first-order valence-corrected chi connectivity index (χ1v) is 8.66. The van der Waals surface area contributed by atoms with E-state index in [4.69, 9.17) is 0 Å². The van der Waals surface area contributed by atoms with Crippen LogP contribution in [0.25, 0.3) is 0 Å². The van der Waals surface area contributed by atoms with Crippen LogP contribution >= 0.6 is 0 Å². The second-order valence-electron chi connectivity index (χ2n) is 5.29. The van der Waals surface area contributed by atoms with Gasteiger partial charge in [0.2, 0.25) is 9.84 Å². The minimum Gasteiger partial charge on any atom is -0.268 e. The third kappa shape index (κ3) is 3.76. The van der Waals surface area contributed by atoms with Crippen molar-refractivity contribution in [2.45, 2.75) is 30.5 Å². The first-order valence-electron chi connectivity index (χ1n) is 7.12. The highest BCUT2D eigenvalue weighted by Gasteiger charge is 2.26. The van der Waals surface area contributed by atoms with E-state index in [1.807, 2.05) is 13.8 Å². The topological polar surface area (TPSA) is 68.5 Å². The first-order chi connectivity index (χ1) is 11.2. The van der Waals surface area contributed by atoms with Crippen LogP contribution in [0.3, 0.4) is 0 Å². The Kier molecular flexibility index (Phi) is 5.28. The SMILES string of the molecule is CC(C)N=c1ccccn1C(=O)c1ccc(S(=O)(=O)C(F)F)cc1. The molecule has 24 heavy (non-hydrogen) atoms. The molecule has 2 rings (SSSR count). The molecule has 0 fully saturated rings. The van der Waals surface area contributed by atoms with Gasteiger partial charge in [-0.2, -0.15) is 8.78 Å². The Morgan fingerprint density at radius 3 is 2.25 bits per heavy atom. The molecular formula is C16H16F2N2O3S. The zero-order valence-corrected chi connectivity index (χ0v) is 13.9. The Bertz CT molecular complexity index is 901. The number of aromatic nitrogens is 1. The molecule has 1 heterocycles. The number of pyridine rings is 1. The van der Waals surface area contributed by atoms with Crippen molar-refractivity contribution in [2.24, 2.45) is 4.99 Å². The molecule has 0 N–H and O–H groups in total. The van der Waals surface area contributed by atoms with Gasteiger partial charge in [-0.3, -0.25) is 14.4 Å². The highest BCUT2D eigenvalue weighted by atomic mass is 32.2. The van der Waals surface area contributed by atoms with Crippen molar-refractivity contribution in [3.63, 3.8) is 0 Å². The predicted octanol–water partition coefficient (Wildman–Crippen LogP) is 2.48.